The molecule has 0 aromatic carbocycles. The van der Waals surface area contributed by atoms with Gasteiger partial charge in [-0.1, -0.05) is 13.8 Å². The largest absolute Gasteiger partial charge is 0.468 e. The van der Waals surface area contributed by atoms with Crippen molar-refractivity contribution in [3.63, 3.8) is 0 Å². The van der Waals surface area contributed by atoms with Crippen LogP contribution in [0.4, 0.5) is 0 Å². The lowest BCUT2D eigenvalue weighted by Gasteiger charge is -2.21. The third kappa shape index (κ3) is 4.06. The molecule has 5 nitrogen and oxygen atoms in total. The Morgan fingerprint density at radius 1 is 1.47 bits per heavy atom. The second-order valence-corrected chi connectivity index (χ2v) is 7.46. The van der Waals surface area contributed by atoms with Crippen molar-refractivity contribution >= 4 is 10.0 Å². The summed E-state index contributed by atoms with van der Waals surface area (Å²) in [6.07, 6.45) is 2.89. The van der Waals surface area contributed by atoms with E-state index in [0.29, 0.717) is 11.8 Å². The summed E-state index contributed by atoms with van der Waals surface area (Å²) in [5.41, 5.74) is 0. The second kappa shape index (κ2) is 5.64. The fraction of sp³-hybridized carbons (Fsp3) is 0.692. The molecule has 0 spiro atoms. The zero-order valence-corrected chi connectivity index (χ0v) is 12.5. The summed E-state index contributed by atoms with van der Waals surface area (Å²) in [6.45, 7) is 6.64. The van der Waals surface area contributed by atoms with Gasteiger partial charge in [-0.3, -0.25) is 4.90 Å². The lowest BCUT2D eigenvalue weighted by atomic mass is 9.92. The van der Waals surface area contributed by atoms with E-state index in [2.05, 4.69) is 23.5 Å². The zero-order chi connectivity index (χ0) is 14.0. The van der Waals surface area contributed by atoms with Crippen LogP contribution >= 0.6 is 0 Å². The van der Waals surface area contributed by atoms with Gasteiger partial charge in [-0.25, -0.2) is 13.1 Å². The first kappa shape index (κ1) is 14.6. The van der Waals surface area contributed by atoms with Crippen LogP contribution in [0, 0.1) is 11.8 Å². The summed E-state index contributed by atoms with van der Waals surface area (Å²) in [5, 5.41) is 0. The Labute approximate surface area is 115 Å². The Morgan fingerprint density at radius 2 is 2.21 bits per heavy atom. The second-order valence-electron chi connectivity index (χ2n) is 5.68. The number of sulfonamides is 1. The molecule has 0 unspecified atom stereocenters. The van der Waals surface area contributed by atoms with Crippen LogP contribution in [0.15, 0.2) is 22.8 Å². The molecule has 1 N–H and O–H groups in total. The molecule has 0 amide bonds. The van der Waals surface area contributed by atoms with Gasteiger partial charge in [-0.2, -0.15) is 0 Å². The van der Waals surface area contributed by atoms with E-state index in [9.17, 15) is 8.42 Å². The molecule has 6 heteroatoms. The maximum Gasteiger partial charge on any atom is 0.209 e. The summed E-state index contributed by atoms with van der Waals surface area (Å²) in [5.74, 6) is 1.70. The maximum atomic E-state index is 11.4. The molecule has 1 aromatic heterocycles. The molecular weight excluding hydrogens is 264 g/mol. The zero-order valence-electron chi connectivity index (χ0n) is 11.7. The number of furan rings is 1. The van der Waals surface area contributed by atoms with Crippen LogP contribution in [0.1, 0.15) is 19.6 Å². The standard InChI is InChI=1S/C13H22N2O3S/c1-10(2)12-8-15(7-11-5-4-6-18-11)9-13(12)14-19(3,16)17/h4-6,10,12-14H,7-9H2,1-3H3/t12-,13+/m1/s1. The number of hydrogen-bond acceptors (Lipinski definition) is 4. The van der Waals surface area contributed by atoms with Gasteiger partial charge in [0.2, 0.25) is 10.0 Å². The summed E-state index contributed by atoms with van der Waals surface area (Å²) >= 11 is 0. The highest BCUT2D eigenvalue weighted by atomic mass is 32.2. The third-order valence-electron chi connectivity index (χ3n) is 3.62. The van der Waals surface area contributed by atoms with Gasteiger partial charge in [0.05, 0.1) is 19.1 Å². The first-order chi connectivity index (χ1) is 8.85. The van der Waals surface area contributed by atoms with Crippen molar-refractivity contribution in [3.05, 3.63) is 24.2 Å². The predicted octanol–water partition coefficient (Wildman–Crippen LogP) is 1.29. The highest BCUT2D eigenvalue weighted by Gasteiger charge is 2.36. The van der Waals surface area contributed by atoms with Crippen LogP contribution < -0.4 is 4.72 Å². The van der Waals surface area contributed by atoms with E-state index >= 15 is 0 Å². The maximum absolute atomic E-state index is 11.4. The predicted molar refractivity (Wildman–Crippen MR) is 74.1 cm³/mol. The Morgan fingerprint density at radius 3 is 2.74 bits per heavy atom. The molecule has 0 radical (unpaired) electrons. The molecular formula is C13H22N2O3S. The lowest BCUT2D eigenvalue weighted by Crippen LogP contribution is -2.41. The normalized spacial score (nSPS) is 25.3. The van der Waals surface area contributed by atoms with Crippen LogP contribution in [0.3, 0.4) is 0 Å². The topological polar surface area (TPSA) is 62.6 Å². The van der Waals surface area contributed by atoms with E-state index < -0.39 is 10.0 Å². The number of rotatable bonds is 5. The van der Waals surface area contributed by atoms with Crippen molar-refractivity contribution in [2.45, 2.75) is 26.4 Å². The molecule has 1 fully saturated rings. The van der Waals surface area contributed by atoms with Crippen LogP contribution in [0.25, 0.3) is 0 Å². The highest BCUT2D eigenvalue weighted by Crippen LogP contribution is 2.26. The summed E-state index contributed by atoms with van der Waals surface area (Å²) < 4.78 is 31.0. The number of nitrogens with one attached hydrogen (secondary N) is 1. The minimum Gasteiger partial charge on any atom is -0.468 e. The Hall–Kier alpha value is -0.850. The van der Waals surface area contributed by atoms with Gasteiger partial charge < -0.3 is 4.42 Å². The molecule has 1 aromatic rings. The number of likely N-dealkylation sites (tertiary alicyclic amines) is 1. The Kier molecular flexibility index (Phi) is 4.32. The van der Waals surface area contributed by atoms with Crippen LogP contribution in [0.2, 0.25) is 0 Å². The molecule has 0 saturated carbocycles. The fourth-order valence-electron chi connectivity index (χ4n) is 2.74. The third-order valence-corrected chi connectivity index (χ3v) is 4.35. The van der Waals surface area contributed by atoms with Gasteiger partial charge in [0.1, 0.15) is 5.76 Å². The first-order valence-electron chi connectivity index (χ1n) is 6.57. The van der Waals surface area contributed by atoms with Crippen LogP contribution in [0.5, 0.6) is 0 Å². The molecule has 2 rings (SSSR count). The first-order valence-corrected chi connectivity index (χ1v) is 8.46. The number of nitrogens with zero attached hydrogens (tertiary/aromatic N) is 1. The van der Waals surface area contributed by atoms with Gasteiger partial charge in [0.25, 0.3) is 0 Å². The van der Waals surface area contributed by atoms with Crippen molar-refractivity contribution < 1.29 is 12.8 Å². The average Bonchev–Trinajstić information content (AvgIpc) is 2.86. The van der Waals surface area contributed by atoms with Crippen LogP contribution in [-0.2, 0) is 16.6 Å². The molecule has 2 atom stereocenters. The fourth-order valence-corrected chi connectivity index (χ4v) is 3.54. The van der Waals surface area contributed by atoms with E-state index in [4.69, 9.17) is 4.42 Å². The molecule has 19 heavy (non-hydrogen) atoms. The van der Waals surface area contributed by atoms with Crippen molar-refractivity contribution in [1.82, 2.24) is 9.62 Å². The number of hydrogen-bond donors (Lipinski definition) is 1. The van der Waals surface area contributed by atoms with E-state index in [0.717, 1.165) is 25.4 Å². The van der Waals surface area contributed by atoms with E-state index in [1.165, 1.54) is 6.26 Å². The molecule has 0 aliphatic carbocycles. The van der Waals surface area contributed by atoms with Gasteiger partial charge >= 0.3 is 0 Å². The Balaban J connectivity index is 2.03. The molecule has 1 saturated heterocycles. The summed E-state index contributed by atoms with van der Waals surface area (Å²) in [4.78, 5) is 2.24. The van der Waals surface area contributed by atoms with Crippen molar-refractivity contribution in [2.75, 3.05) is 19.3 Å². The molecule has 1 aliphatic rings. The SMILES string of the molecule is CC(C)[C@H]1CN(Cc2ccco2)C[C@@H]1NS(C)(=O)=O. The molecule has 2 heterocycles. The van der Waals surface area contributed by atoms with E-state index in [1.807, 2.05) is 12.1 Å². The van der Waals surface area contributed by atoms with Gasteiger partial charge in [-0.05, 0) is 24.0 Å². The van der Waals surface area contributed by atoms with Crippen molar-refractivity contribution in [2.24, 2.45) is 11.8 Å². The molecule has 108 valence electrons. The van der Waals surface area contributed by atoms with Crippen molar-refractivity contribution in [1.29, 1.82) is 0 Å². The molecule has 0 bridgehead atoms. The minimum absolute atomic E-state index is 0.00929. The van der Waals surface area contributed by atoms with Crippen LogP contribution in [-0.4, -0.2) is 38.7 Å². The molecule has 1 aliphatic heterocycles. The van der Waals surface area contributed by atoms with Gasteiger partial charge in [0, 0.05) is 19.1 Å². The van der Waals surface area contributed by atoms with Gasteiger partial charge in [0.15, 0.2) is 0 Å². The van der Waals surface area contributed by atoms with Gasteiger partial charge in [-0.15, -0.1) is 0 Å². The monoisotopic (exact) mass is 286 g/mol. The summed E-state index contributed by atoms with van der Waals surface area (Å²) in [6, 6.07) is 3.81. The van der Waals surface area contributed by atoms with E-state index in [1.54, 1.807) is 6.26 Å². The Bertz CT molecular complexity index is 496. The quantitative estimate of drug-likeness (QED) is 0.886. The van der Waals surface area contributed by atoms with Crippen molar-refractivity contribution in [3.8, 4) is 0 Å². The van der Waals surface area contributed by atoms with E-state index in [-0.39, 0.29) is 6.04 Å². The summed E-state index contributed by atoms with van der Waals surface area (Å²) in [7, 11) is -3.16. The lowest BCUT2D eigenvalue weighted by molar-refractivity contribution is 0.273. The average molecular weight is 286 g/mol. The highest BCUT2D eigenvalue weighted by molar-refractivity contribution is 7.88. The smallest absolute Gasteiger partial charge is 0.209 e. The minimum atomic E-state index is -3.16.